The second kappa shape index (κ2) is 16.7. The third kappa shape index (κ3) is 8.60. The molecule has 1 aromatic heterocycles. The van der Waals surface area contributed by atoms with E-state index in [0.29, 0.717) is 18.3 Å². The molecule has 45 heavy (non-hydrogen) atoms. The van der Waals surface area contributed by atoms with E-state index < -0.39 is 5.60 Å². The second-order valence-corrected chi connectivity index (χ2v) is 16.5. The average molecular weight is 625 g/mol. The molecule has 0 radical (unpaired) electrons. The largest absolute Gasteiger partial charge is 0.469 e. The van der Waals surface area contributed by atoms with Crippen LogP contribution in [0.3, 0.4) is 0 Å². The van der Waals surface area contributed by atoms with Crippen LogP contribution in [0.2, 0.25) is 0 Å². The van der Waals surface area contributed by atoms with Gasteiger partial charge >= 0.3 is 5.97 Å². The summed E-state index contributed by atoms with van der Waals surface area (Å²) in [4.78, 5) is 12.7. The molecule has 0 aliphatic heterocycles. The van der Waals surface area contributed by atoms with Gasteiger partial charge in [-0.25, -0.2) is 0 Å². The second-order valence-electron chi connectivity index (χ2n) is 16.5. The summed E-state index contributed by atoms with van der Waals surface area (Å²) in [5.74, 6) is 2.62. The van der Waals surface area contributed by atoms with Gasteiger partial charge in [-0.3, -0.25) is 4.79 Å². The highest BCUT2D eigenvalue weighted by molar-refractivity contribution is 5.69. The van der Waals surface area contributed by atoms with Crippen LogP contribution < -0.4 is 0 Å². The van der Waals surface area contributed by atoms with Crippen LogP contribution in [0, 0.1) is 22.7 Å². The number of esters is 1. The summed E-state index contributed by atoms with van der Waals surface area (Å²) in [7, 11) is 0. The first-order chi connectivity index (χ1) is 21.9. The van der Waals surface area contributed by atoms with Gasteiger partial charge in [0.25, 0.3) is 0 Å². The lowest BCUT2D eigenvalue weighted by molar-refractivity contribution is -0.154. The van der Waals surface area contributed by atoms with Crippen molar-refractivity contribution >= 4 is 5.97 Å². The SMILES string of the molecule is CCCCCCCCCCCCCCCCCCCCC(=O)OC[C@@]1(O)C[C@@]23CC[C@@H]4c5ccoc5CC[C@@]4(C)[C@@H]2CC[C@@H]1C3. The number of aliphatic hydroxyl groups is 1. The van der Waals surface area contributed by atoms with Crippen LogP contribution in [0.1, 0.15) is 198 Å². The first-order valence-electron chi connectivity index (χ1n) is 19.8. The zero-order chi connectivity index (χ0) is 31.6. The molecule has 3 fully saturated rings. The summed E-state index contributed by atoms with van der Waals surface area (Å²) in [6.07, 6.45) is 35.5. The van der Waals surface area contributed by atoms with Crippen LogP contribution in [0.15, 0.2) is 16.7 Å². The summed E-state index contributed by atoms with van der Waals surface area (Å²) in [6.45, 7) is 5.03. The summed E-state index contributed by atoms with van der Waals surface area (Å²) >= 11 is 0. The molecule has 1 N–H and O–H groups in total. The molecule has 1 aromatic rings. The molecule has 4 heteroatoms. The molecule has 256 valence electrons. The van der Waals surface area contributed by atoms with E-state index in [4.69, 9.17) is 9.15 Å². The molecule has 3 saturated carbocycles. The van der Waals surface area contributed by atoms with E-state index in [0.717, 1.165) is 38.5 Å². The van der Waals surface area contributed by atoms with Gasteiger partial charge in [0.15, 0.2) is 0 Å². The van der Waals surface area contributed by atoms with Crippen LogP contribution in [0.4, 0.5) is 0 Å². The molecule has 2 bridgehead atoms. The van der Waals surface area contributed by atoms with Crippen molar-refractivity contribution in [3.8, 4) is 0 Å². The molecular weight excluding hydrogens is 556 g/mol. The summed E-state index contributed by atoms with van der Waals surface area (Å²) in [5.41, 5.74) is 1.12. The van der Waals surface area contributed by atoms with E-state index >= 15 is 0 Å². The Balaban J connectivity index is 0.892. The summed E-state index contributed by atoms with van der Waals surface area (Å²) in [6, 6.07) is 2.23. The zero-order valence-electron chi connectivity index (χ0n) is 29.4. The predicted octanol–water partition coefficient (Wildman–Crippen LogP) is 11.6. The van der Waals surface area contributed by atoms with E-state index in [1.54, 1.807) is 0 Å². The van der Waals surface area contributed by atoms with Crippen LogP contribution in [0.5, 0.6) is 0 Å². The Morgan fingerprint density at radius 1 is 0.844 bits per heavy atom. The third-order valence-corrected chi connectivity index (χ3v) is 13.4. The number of unbranched alkanes of at least 4 members (excludes halogenated alkanes) is 17. The van der Waals surface area contributed by atoms with Crippen molar-refractivity contribution in [3.05, 3.63) is 23.7 Å². The van der Waals surface area contributed by atoms with E-state index in [1.807, 2.05) is 6.26 Å². The van der Waals surface area contributed by atoms with Gasteiger partial charge in [-0.1, -0.05) is 123 Å². The Morgan fingerprint density at radius 2 is 1.44 bits per heavy atom. The molecule has 0 unspecified atom stereocenters. The Kier molecular flexibility index (Phi) is 13.0. The molecular formula is C41H68O4. The number of rotatable bonds is 21. The topological polar surface area (TPSA) is 59.7 Å². The molecule has 0 saturated heterocycles. The normalized spacial score (nSPS) is 31.8. The molecule has 0 aromatic carbocycles. The van der Waals surface area contributed by atoms with Crippen LogP contribution >= 0.6 is 0 Å². The Labute approximate surface area is 276 Å². The van der Waals surface area contributed by atoms with Crippen molar-refractivity contribution in [2.24, 2.45) is 22.7 Å². The predicted molar refractivity (Wildman–Crippen MR) is 184 cm³/mol. The Hall–Kier alpha value is -1.29. The number of aryl methyl sites for hydroxylation is 1. The summed E-state index contributed by atoms with van der Waals surface area (Å²) < 4.78 is 11.6. The average Bonchev–Trinajstić information content (AvgIpc) is 3.59. The minimum Gasteiger partial charge on any atom is -0.469 e. The van der Waals surface area contributed by atoms with Gasteiger partial charge in [-0.2, -0.15) is 0 Å². The van der Waals surface area contributed by atoms with E-state index in [9.17, 15) is 9.90 Å². The van der Waals surface area contributed by atoms with Gasteiger partial charge in [0.1, 0.15) is 18.0 Å². The molecule has 4 aliphatic rings. The van der Waals surface area contributed by atoms with Crippen LogP contribution in [-0.4, -0.2) is 23.3 Å². The third-order valence-electron chi connectivity index (χ3n) is 13.4. The van der Waals surface area contributed by atoms with Crippen LogP contribution in [-0.2, 0) is 16.0 Å². The number of ether oxygens (including phenoxy) is 1. The van der Waals surface area contributed by atoms with Gasteiger partial charge < -0.3 is 14.3 Å². The number of furan rings is 1. The van der Waals surface area contributed by atoms with Gasteiger partial charge in [0, 0.05) is 12.8 Å². The van der Waals surface area contributed by atoms with Crippen LogP contribution in [0.25, 0.3) is 0 Å². The molecule has 1 spiro atoms. The number of carbonyl (C=O) groups excluding carboxylic acids is 1. The Morgan fingerprint density at radius 3 is 2.07 bits per heavy atom. The molecule has 4 aliphatic carbocycles. The van der Waals surface area contributed by atoms with Crippen molar-refractivity contribution in [2.45, 2.75) is 199 Å². The van der Waals surface area contributed by atoms with Gasteiger partial charge in [-0.15, -0.1) is 0 Å². The number of hydrogen-bond acceptors (Lipinski definition) is 4. The lowest BCUT2D eigenvalue weighted by Gasteiger charge is -2.59. The zero-order valence-corrected chi connectivity index (χ0v) is 29.4. The number of fused-ring (bicyclic) bond motifs is 5. The maximum Gasteiger partial charge on any atom is 0.305 e. The van der Waals surface area contributed by atoms with Crippen molar-refractivity contribution < 1.29 is 19.1 Å². The fourth-order valence-corrected chi connectivity index (χ4v) is 10.9. The molecule has 0 amide bonds. The van der Waals surface area contributed by atoms with Crippen molar-refractivity contribution in [3.63, 3.8) is 0 Å². The van der Waals surface area contributed by atoms with Crippen molar-refractivity contribution in [1.82, 2.24) is 0 Å². The number of carbonyl (C=O) groups is 1. The highest BCUT2D eigenvalue weighted by Gasteiger charge is 2.66. The van der Waals surface area contributed by atoms with E-state index in [1.165, 1.54) is 140 Å². The number of hydrogen-bond donors (Lipinski definition) is 1. The minimum absolute atomic E-state index is 0.106. The first kappa shape index (κ1) is 35.0. The van der Waals surface area contributed by atoms with Crippen molar-refractivity contribution in [1.29, 1.82) is 0 Å². The Bertz CT molecular complexity index is 1030. The lowest BCUT2D eigenvalue weighted by atomic mass is 9.45. The lowest BCUT2D eigenvalue weighted by Crippen LogP contribution is -2.51. The molecule has 5 rings (SSSR count). The first-order valence-corrected chi connectivity index (χ1v) is 19.8. The fraction of sp³-hybridized carbons (Fsp3) is 0.878. The van der Waals surface area contributed by atoms with Crippen molar-refractivity contribution in [2.75, 3.05) is 6.61 Å². The highest BCUT2D eigenvalue weighted by atomic mass is 16.5. The van der Waals surface area contributed by atoms with E-state index in [-0.39, 0.29) is 29.3 Å². The highest BCUT2D eigenvalue weighted by Crippen LogP contribution is 2.72. The standard InChI is InChI=1S/C41H68O4/c1-3-4-5-6-7-8-9-10-11-12-13-14-15-16-17-18-19-20-21-38(42)45-32-41(43)31-40-28-24-35-34-26-29-44-36(34)25-27-39(35,2)37(40)23-22-33(41)30-40/h26,29,33,35,37,43H,3-25,27-28,30-32H2,1-2H3/t33-,35-,37+,39-,40+,41+/m1/s1. The molecule has 6 atom stereocenters. The quantitative estimate of drug-likeness (QED) is 0.109. The monoisotopic (exact) mass is 625 g/mol. The smallest absolute Gasteiger partial charge is 0.305 e. The molecule has 1 heterocycles. The maximum atomic E-state index is 12.7. The minimum atomic E-state index is -0.836. The van der Waals surface area contributed by atoms with Gasteiger partial charge in [0.05, 0.1) is 6.26 Å². The maximum absolute atomic E-state index is 12.7. The van der Waals surface area contributed by atoms with Gasteiger partial charge in [-0.05, 0) is 91.6 Å². The molecule has 4 nitrogen and oxygen atoms in total. The van der Waals surface area contributed by atoms with Gasteiger partial charge in [0.2, 0.25) is 0 Å². The van der Waals surface area contributed by atoms with E-state index in [2.05, 4.69) is 19.9 Å². The summed E-state index contributed by atoms with van der Waals surface area (Å²) in [5, 5.41) is 11.9. The fourth-order valence-electron chi connectivity index (χ4n) is 10.9.